The van der Waals surface area contributed by atoms with E-state index < -0.39 is 0 Å². The number of methoxy groups -OCH3 is 2. The molecule has 0 saturated heterocycles. The Bertz CT molecular complexity index is 241. The van der Waals surface area contributed by atoms with Crippen LogP contribution in [0.2, 0.25) is 0 Å². The number of ether oxygens (including phenoxy) is 2. The van der Waals surface area contributed by atoms with Crippen LogP contribution in [-0.4, -0.2) is 63.0 Å². The van der Waals surface area contributed by atoms with Crippen molar-refractivity contribution in [2.75, 3.05) is 47.1 Å². The van der Waals surface area contributed by atoms with Crippen LogP contribution in [0.15, 0.2) is 11.6 Å². The largest absolute Gasteiger partial charge is 0.466 e. The van der Waals surface area contributed by atoms with E-state index in [1.54, 1.807) is 7.11 Å². The minimum atomic E-state index is -0.289. The lowest BCUT2D eigenvalue weighted by Gasteiger charge is -2.19. The molecule has 0 atom stereocenters. The fourth-order valence-electron chi connectivity index (χ4n) is 1.40. The fourth-order valence-corrected chi connectivity index (χ4v) is 1.40. The topological polar surface area (TPSA) is 59.0 Å². The highest BCUT2D eigenvalue weighted by Gasteiger charge is 2.08. The SMILES string of the molecule is CCC(=CCN(CCO)CCOC)C(=O)OC. The average molecular weight is 245 g/mol. The lowest BCUT2D eigenvalue weighted by atomic mass is 10.2. The maximum atomic E-state index is 11.3. The summed E-state index contributed by atoms with van der Waals surface area (Å²) >= 11 is 0. The zero-order chi connectivity index (χ0) is 13.1. The summed E-state index contributed by atoms with van der Waals surface area (Å²) in [6.45, 7) is 4.52. The van der Waals surface area contributed by atoms with Crippen LogP contribution < -0.4 is 0 Å². The summed E-state index contributed by atoms with van der Waals surface area (Å²) in [4.78, 5) is 13.4. The van der Waals surface area contributed by atoms with E-state index in [-0.39, 0.29) is 12.6 Å². The van der Waals surface area contributed by atoms with Crippen LogP contribution in [0.5, 0.6) is 0 Å². The standard InChI is InChI=1S/C12H23NO4/c1-4-11(12(15)17-3)5-6-13(7-9-14)8-10-16-2/h5,14H,4,6-10H2,1-3H3. The number of carbonyl (C=O) groups excluding carboxylic acids is 1. The van der Waals surface area contributed by atoms with Gasteiger partial charge in [-0.15, -0.1) is 0 Å². The maximum absolute atomic E-state index is 11.3. The Labute approximate surface area is 103 Å². The van der Waals surface area contributed by atoms with E-state index in [0.717, 1.165) is 6.54 Å². The van der Waals surface area contributed by atoms with Crippen LogP contribution >= 0.6 is 0 Å². The van der Waals surface area contributed by atoms with Crippen LogP contribution in [0.3, 0.4) is 0 Å². The van der Waals surface area contributed by atoms with Crippen molar-refractivity contribution < 1.29 is 19.4 Å². The highest BCUT2D eigenvalue weighted by Crippen LogP contribution is 2.03. The Kier molecular flexibility index (Phi) is 9.71. The third-order valence-electron chi connectivity index (χ3n) is 2.45. The lowest BCUT2D eigenvalue weighted by Crippen LogP contribution is -2.30. The van der Waals surface area contributed by atoms with Gasteiger partial charge in [0.1, 0.15) is 0 Å². The van der Waals surface area contributed by atoms with Crippen LogP contribution in [0.4, 0.5) is 0 Å². The van der Waals surface area contributed by atoms with Crippen molar-refractivity contribution in [3.05, 3.63) is 11.6 Å². The van der Waals surface area contributed by atoms with E-state index in [0.29, 0.717) is 31.7 Å². The zero-order valence-corrected chi connectivity index (χ0v) is 10.9. The molecule has 0 aliphatic heterocycles. The molecule has 0 aliphatic carbocycles. The number of aliphatic hydroxyl groups excluding tert-OH is 1. The lowest BCUT2D eigenvalue weighted by molar-refractivity contribution is -0.136. The van der Waals surface area contributed by atoms with Gasteiger partial charge < -0.3 is 14.6 Å². The van der Waals surface area contributed by atoms with Crippen LogP contribution in [-0.2, 0) is 14.3 Å². The Morgan fingerprint density at radius 3 is 2.53 bits per heavy atom. The van der Waals surface area contributed by atoms with Crippen molar-refractivity contribution in [1.29, 1.82) is 0 Å². The quantitative estimate of drug-likeness (QED) is 0.472. The molecule has 0 saturated carbocycles. The van der Waals surface area contributed by atoms with Crippen molar-refractivity contribution in [2.24, 2.45) is 0 Å². The molecule has 0 spiro atoms. The molecule has 0 rings (SSSR count). The van der Waals surface area contributed by atoms with Gasteiger partial charge in [-0.2, -0.15) is 0 Å². The Hall–Kier alpha value is -0.910. The van der Waals surface area contributed by atoms with Gasteiger partial charge in [0.15, 0.2) is 0 Å². The van der Waals surface area contributed by atoms with Crippen LogP contribution in [0, 0.1) is 0 Å². The van der Waals surface area contributed by atoms with Crippen molar-refractivity contribution in [1.82, 2.24) is 4.90 Å². The number of rotatable bonds is 9. The molecule has 0 aromatic rings. The smallest absolute Gasteiger partial charge is 0.333 e. The summed E-state index contributed by atoms with van der Waals surface area (Å²) in [5, 5.41) is 8.92. The molecule has 5 heteroatoms. The van der Waals surface area contributed by atoms with E-state index in [4.69, 9.17) is 9.84 Å². The highest BCUT2D eigenvalue weighted by atomic mass is 16.5. The van der Waals surface area contributed by atoms with Gasteiger partial charge in [-0.1, -0.05) is 13.0 Å². The van der Waals surface area contributed by atoms with Crippen LogP contribution in [0.25, 0.3) is 0 Å². The van der Waals surface area contributed by atoms with Crippen molar-refractivity contribution in [3.63, 3.8) is 0 Å². The summed E-state index contributed by atoms with van der Waals surface area (Å²) in [5.41, 5.74) is 0.660. The van der Waals surface area contributed by atoms with Gasteiger partial charge in [-0.3, -0.25) is 4.90 Å². The molecule has 0 aliphatic rings. The molecule has 0 amide bonds. The van der Waals surface area contributed by atoms with E-state index in [9.17, 15) is 4.79 Å². The predicted molar refractivity (Wildman–Crippen MR) is 65.8 cm³/mol. The van der Waals surface area contributed by atoms with E-state index in [2.05, 4.69) is 4.74 Å². The van der Waals surface area contributed by atoms with Gasteiger partial charge in [-0.05, 0) is 6.42 Å². The molecule has 0 bridgehead atoms. The Balaban J connectivity index is 4.31. The summed E-state index contributed by atoms with van der Waals surface area (Å²) in [5.74, 6) is -0.289. The molecular weight excluding hydrogens is 222 g/mol. The number of hydrogen-bond donors (Lipinski definition) is 1. The van der Waals surface area contributed by atoms with E-state index in [1.807, 2.05) is 17.9 Å². The first-order valence-electron chi connectivity index (χ1n) is 5.79. The monoisotopic (exact) mass is 245 g/mol. The zero-order valence-electron chi connectivity index (χ0n) is 10.9. The van der Waals surface area contributed by atoms with Gasteiger partial charge in [-0.25, -0.2) is 4.79 Å². The first kappa shape index (κ1) is 16.1. The molecular formula is C12H23NO4. The third kappa shape index (κ3) is 7.10. The Morgan fingerprint density at radius 2 is 2.06 bits per heavy atom. The molecule has 0 aromatic heterocycles. The molecule has 1 N–H and O–H groups in total. The van der Waals surface area contributed by atoms with Gasteiger partial charge in [0.2, 0.25) is 0 Å². The maximum Gasteiger partial charge on any atom is 0.333 e. The fraction of sp³-hybridized carbons (Fsp3) is 0.750. The Morgan fingerprint density at radius 1 is 1.35 bits per heavy atom. The summed E-state index contributed by atoms with van der Waals surface area (Å²) in [6.07, 6.45) is 2.49. The highest BCUT2D eigenvalue weighted by molar-refractivity contribution is 5.88. The van der Waals surface area contributed by atoms with Crippen molar-refractivity contribution >= 4 is 5.97 Å². The number of carbonyl (C=O) groups is 1. The first-order chi connectivity index (χ1) is 8.19. The summed E-state index contributed by atoms with van der Waals surface area (Å²) in [7, 11) is 3.02. The van der Waals surface area contributed by atoms with Gasteiger partial charge >= 0.3 is 5.97 Å². The van der Waals surface area contributed by atoms with Gasteiger partial charge in [0.25, 0.3) is 0 Å². The number of nitrogens with zero attached hydrogens (tertiary/aromatic N) is 1. The molecule has 100 valence electrons. The third-order valence-corrected chi connectivity index (χ3v) is 2.45. The molecule has 0 aromatic carbocycles. The summed E-state index contributed by atoms with van der Waals surface area (Å²) < 4.78 is 9.66. The normalized spacial score (nSPS) is 11.9. The molecule has 17 heavy (non-hydrogen) atoms. The van der Waals surface area contributed by atoms with E-state index in [1.165, 1.54) is 7.11 Å². The molecule has 0 radical (unpaired) electrons. The van der Waals surface area contributed by atoms with Gasteiger partial charge in [0, 0.05) is 32.3 Å². The second kappa shape index (κ2) is 10.3. The molecule has 0 fully saturated rings. The number of aliphatic hydroxyl groups is 1. The average Bonchev–Trinajstić information content (AvgIpc) is 2.35. The minimum absolute atomic E-state index is 0.0945. The molecule has 5 nitrogen and oxygen atoms in total. The molecule has 0 unspecified atom stereocenters. The second-order valence-electron chi connectivity index (χ2n) is 3.59. The van der Waals surface area contributed by atoms with Crippen molar-refractivity contribution in [2.45, 2.75) is 13.3 Å². The second-order valence-corrected chi connectivity index (χ2v) is 3.59. The number of hydrogen-bond acceptors (Lipinski definition) is 5. The molecule has 0 heterocycles. The van der Waals surface area contributed by atoms with Gasteiger partial charge in [0.05, 0.1) is 20.3 Å². The minimum Gasteiger partial charge on any atom is -0.466 e. The number of esters is 1. The summed E-state index contributed by atoms with van der Waals surface area (Å²) in [6, 6.07) is 0. The van der Waals surface area contributed by atoms with Crippen molar-refractivity contribution in [3.8, 4) is 0 Å². The van der Waals surface area contributed by atoms with Crippen LogP contribution in [0.1, 0.15) is 13.3 Å². The first-order valence-corrected chi connectivity index (χ1v) is 5.79. The van der Waals surface area contributed by atoms with E-state index >= 15 is 0 Å². The predicted octanol–water partition coefficient (Wildman–Crippen LogP) is 0.437.